The fourth-order valence-electron chi connectivity index (χ4n) is 1.30. The van der Waals surface area contributed by atoms with Crippen molar-refractivity contribution in [3.8, 4) is 0 Å². The second-order valence-electron chi connectivity index (χ2n) is 3.12. The standard InChI is InChI=1S/C9H12O3/c1-5-3-7(9(11)12)4-6(2)8(5)10/h3-5,8,10H,1-2H3,(H,11,12). The van der Waals surface area contributed by atoms with Gasteiger partial charge >= 0.3 is 5.97 Å². The minimum Gasteiger partial charge on any atom is -0.478 e. The third-order valence-electron chi connectivity index (χ3n) is 2.04. The molecular weight excluding hydrogens is 156 g/mol. The number of carbonyl (C=O) groups is 1. The first kappa shape index (κ1) is 9.00. The number of carboxylic acids is 1. The Morgan fingerprint density at radius 3 is 2.58 bits per heavy atom. The van der Waals surface area contributed by atoms with Gasteiger partial charge < -0.3 is 10.2 Å². The quantitative estimate of drug-likeness (QED) is 0.613. The van der Waals surface area contributed by atoms with Crippen molar-refractivity contribution >= 4 is 5.97 Å². The molecule has 1 rings (SSSR count). The average molecular weight is 168 g/mol. The summed E-state index contributed by atoms with van der Waals surface area (Å²) in [5, 5.41) is 18.1. The second-order valence-corrected chi connectivity index (χ2v) is 3.12. The van der Waals surface area contributed by atoms with Gasteiger partial charge in [0.2, 0.25) is 0 Å². The van der Waals surface area contributed by atoms with Gasteiger partial charge in [0.15, 0.2) is 0 Å². The topological polar surface area (TPSA) is 57.5 Å². The lowest BCUT2D eigenvalue weighted by molar-refractivity contribution is -0.132. The van der Waals surface area contributed by atoms with Crippen molar-refractivity contribution in [1.29, 1.82) is 0 Å². The van der Waals surface area contributed by atoms with E-state index in [0.717, 1.165) is 0 Å². The third kappa shape index (κ3) is 1.56. The summed E-state index contributed by atoms with van der Waals surface area (Å²) < 4.78 is 0. The van der Waals surface area contributed by atoms with Gasteiger partial charge in [0.05, 0.1) is 11.7 Å². The smallest absolute Gasteiger partial charge is 0.335 e. The van der Waals surface area contributed by atoms with Gasteiger partial charge in [0, 0.05) is 5.92 Å². The van der Waals surface area contributed by atoms with E-state index < -0.39 is 12.1 Å². The molecule has 66 valence electrons. The van der Waals surface area contributed by atoms with E-state index in [0.29, 0.717) is 5.57 Å². The number of aliphatic carboxylic acids is 1. The first-order chi connectivity index (χ1) is 5.52. The zero-order chi connectivity index (χ0) is 9.30. The highest BCUT2D eigenvalue weighted by Gasteiger charge is 2.21. The van der Waals surface area contributed by atoms with Crippen LogP contribution in [0.5, 0.6) is 0 Å². The van der Waals surface area contributed by atoms with Crippen molar-refractivity contribution in [1.82, 2.24) is 0 Å². The Morgan fingerprint density at radius 2 is 2.17 bits per heavy atom. The molecule has 0 bridgehead atoms. The molecular formula is C9H12O3. The summed E-state index contributed by atoms with van der Waals surface area (Å²) in [5.74, 6) is -1.05. The normalized spacial score (nSPS) is 29.2. The van der Waals surface area contributed by atoms with Crippen molar-refractivity contribution in [2.45, 2.75) is 20.0 Å². The van der Waals surface area contributed by atoms with E-state index >= 15 is 0 Å². The lowest BCUT2D eigenvalue weighted by atomic mass is 9.90. The molecule has 0 spiro atoms. The van der Waals surface area contributed by atoms with Crippen molar-refractivity contribution < 1.29 is 15.0 Å². The van der Waals surface area contributed by atoms with Gasteiger partial charge in [-0.3, -0.25) is 0 Å². The number of aliphatic hydroxyl groups is 1. The van der Waals surface area contributed by atoms with Crippen LogP contribution in [0.3, 0.4) is 0 Å². The fraction of sp³-hybridized carbons (Fsp3) is 0.444. The van der Waals surface area contributed by atoms with Crippen LogP contribution in [-0.4, -0.2) is 22.3 Å². The number of aliphatic hydroxyl groups excluding tert-OH is 1. The molecule has 2 unspecified atom stereocenters. The van der Waals surface area contributed by atoms with Crippen LogP contribution >= 0.6 is 0 Å². The van der Waals surface area contributed by atoms with E-state index in [1.807, 2.05) is 0 Å². The minimum absolute atomic E-state index is 0.110. The summed E-state index contributed by atoms with van der Waals surface area (Å²) in [6.07, 6.45) is 2.54. The van der Waals surface area contributed by atoms with Crippen LogP contribution in [0.2, 0.25) is 0 Å². The molecule has 0 aromatic carbocycles. The predicted molar refractivity (Wildman–Crippen MR) is 44.6 cm³/mol. The predicted octanol–water partition coefficient (Wildman–Crippen LogP) is 0.954. The van der Waals surface area contributed by atoms with Gasteiger partial charge in [-0.05, 0) is 18.6 Å². The van der Waals surface area contributed by atoms with E-state index in [2.05, 4.69) is 0 Å². The van der Waals surface area contributed by atoms with E-state index in [1.54, 1.807) is 19.9 Å². The van der Waals surface area contributed by atoms with E-state index in [9.17, 15) is 9.90 Å². The summed E-state index contributed by atoms with van der Waals surface area (Å²) in [4.78, 5) is 10.6. The Morgan fingerprint density at radius 1 is 1.58 bits per heavy atom. The van der Waals surface area contributed by atoms with Crippen molar-refractivity contribution in [2.24, 2.45) is 5.92 Å². The Balaban J connectivity index is 2.95. The SMILES string of the molecule is CC1=CC(C(=O)O)=CC(C)C1O. The minimum atomic E-state index is -0.937. The Labute approximate surface area is 71.0 Å². The lowest BCUT2D eigenvalue weighted by Gasteiger charge is -2.21. The Kier molecular flexibility index (Phi) is 2.33. The van der Waals surface area contributed by atoms with Gasteiger partial charge in [-0.1, -0.05) is 13.0 Å². The molecule has 3 nitrogen and oxygen atoms in total. The molecule has 0 aromatic rings. The second kappa shape index (κ2) is 3.11. The summed E-state index contributed by atoms with van der Waals surface area (Å²) in [6, 6.07) is 0. The molecule has 1 aliphatic rings. The zero-order valence-electron chi connectivity index (χ0n) is 7.11. The van der Waals surface area contributed by atoms with Gasteiger partial charge in [0.25, 0.3) is 0 Å². The van der Waals surface area contributed by atoms with Gasteiger partial charge in [-0.25, -0.2) is 4.79 Å². The maximum Gasteiger partial charge on any atom is 0.335 e. The first-order valence-electron chi connectivity index (χ1n) is 3.83. The van der Waals surface area contributed by atoms with Crippen LogP contribution in [0.15, 0.2) is 23.3 Å². The monoisotopic (exact) mass is 168 g/mol. The average Bonchev–Trinajstić information content (AvgIpc) is 1.99. The summed E-state index contributed by atoms with van der Waals surface area (Å²) in [7, 11) is 0. The Bertz CT molecular complexity index is 263. The van der Waals surface area contributed by atoms with Crippen LogP contribution in [0.1, 0.15) is 13.8 Å². The largest absolute Gasteiger partial charge is 0.478 e. The van der Waals surface area contributed by atoms with Crippen LogP contribution in [-0.2, 0) is 4.79 Å². The van der Waals surface area contributed by atoms with E-state index in [-0.39, 0.29) is 11.5 Å². The van der Waals surface area contributed by atoms with Crippen molar-refractivity contribution in [2.75, 3.05) is 0 Å². The molecule has 0 aliphatic heterocycles. The van der Waals surface area contributed by atoms with Crippen LogP contribution in [0.25, 0.3) is 0 Å². The number of rotatable bonds is 1. The van der Waals surface area contributed by atoms with Crippen LogP contribution < -0.4 is 0 Å². The van der Waals surface area contributed by atoms with E-state index in [1.165, 1.54) is 6.08 Å². The van der Waals surface area contributed by atoms with Crippen LogP contribution in [0.4, 0.5) is 0 Å². The van der Waals surface area contributed by atoms with E-state index in [4.69, 9.17) is 5.11 Å². The summed E-state index contributed by atoms with van der Waals surface area (Å²) in [6.45, 7) is 3.53. The highest BCUT2D eigenvalue weighted by molar-refractivity contribution is 5.90. The van der Waals surface area contributed by atoms with Gasteiger partial charge in [0.1, 0.15) is 0 Å². The molecule has 12 heavy (non-hydrogen) atoms. The molecule has 3 heteroatoms. The molecule has 1 aliphatic carbocycles. The molecule has 2 atom stereocenters. The Hall–Kier alpha value is -1.09. The summed E-state index contributed by atoms with van der Waals surface area (Å²) in [5.41, 5.74) is 0.979. The van der Waals surface area contributed by atoms with Crippen molar-refractivity contribution in [3.63, 3.8) is 0 Å². The lowest BCUT2D eigenvalue weighted by Crippen LogP contribution is -2.22. The highest BCUT2D eigenvalue weighted by atomic mass is 16.4. The maximum absolute atomic E-state index is 10.6. The van der Waals surface area contributed by atoms with Gasteiger partial charge in [-0.15, -0.1) is 0 Å². The first-order valence-corrected chi connectivity index (χ1v) is 3.83. The molecule has 0 heterocycles. The summed E-state index contributed by atoms with van der Waals surface area (Å²) >= 11 is 0. The number of carboxylic acid groups (broad SMARTS) is 1. The van der Waals surface area contributed by atoms with Crippen LogP contribution in [0, 0.1) is 5.92 Å². The molecule has 0 saturated carbocycles. The highest BCUT2D eigenvalue weighted by Crippen LogP contribution is 2.22. The molecule has 0 amide bonds. The number of hydrogen-bond acceptors (Lipinski definition) is 2. The third-order valence-corrected chi connectivity index (χ3v) is 2.04. The van der Waals surface area contributed by atoms with Crippen molar-refractivity contribution in [3.05, 3.63) is 23.3 Å². The van der Waals surface area contributed by atoms with Gasteiger partial charge in [-0.2, -0.15) is 0 Å². The zero-order valence-corrected chi connectivity index (χ0v) is 7.11. The number of hydrogen-bond donors (Lipinski definition) is 2. The molecule has 0 radical (unpaired) electrons. The molecule has 0 fully saturated rings. The molecule has 0 aromatic heterocycles. The molecule has 2 N–H and O–H groups in total. The molecule has 0 saturated heterocycles. The maximum atomic E-state index is 10.6. The fourth-order valence-corrected chi connectivity index (χ4v) is 1.30.